The highest BCUT2D eigenvalue weighted by molar-refractivity contribution is 5.90. The van der Waals surface area contributed by atoms with Crippen molar-refractivity contribution in [2.45, 2.75) is 26.1 Å². The number of aryl methyl sites for hydroxylation is 2. The number of nitrogens with zero attached hydrogens (tertiary/aromatic N) is 2. The van der Waals surface area contributed by atoms with Crippen molar-refractivity contribution >= 4 is 11.7 Å². The highest BCUT2D eigenvalue weighted by Crippen LogP contribution is 2.30. The first-order chi connectivity index (χ1) is 11.6. The second-order valence-corrected chi connectivity index (χ2v) is 5.64. The van der Waals surface area contributed by atoms with Crippen molar-refractivity contribution < 1.29 is 23.1 Å². The van der Waals surface area contributed by atoms with Crippen LogP contribution in [0.2, 0.25) is 0 Å². The Labute approximate surface area is 142 Å². The fraction of sp³-hybridized carbons (Fsp3) is 0.375. The molecular formula is C16H19F3N4O2. The number of hydrogen-bond acceptors (Lipinski definition) is 3. The summed E-state index contributed by atoms with van der Waals surface area (Å²) >= 11 is 0. The van der Waals surface area contributed by atoms with Crippen molar-refractivity contribution in [3.8, 4) is 0 Å². The molecule has 0 bridgehead atoms. The van der Waals surface area contributed by atoms with Crippen molar-refractivity contribution in [1.29, 1.82) is 0 Å². The number of urea groups is 1. The van der Waals surface area contributed by atoms with Crippen LogP contribution in [0, 0.1) is 13.8 Å². The van der Waals surface area contributed by atoms with Gasteiger partial charge in [0.2, 0.25) is 0 Å². The summed E-state index contributed by atoms with van der Waals surface area (Å²) in [7, 11) is 1.74. The predicted molar refractivity (Wildman–Crippen MR) is 86.1 cm³/mol. The molecule has 2 rings (SSSR count). The highest BCUT2D eigenvalue weighted by Gasteiger charge is 2.30. The standard InChI is InChI=1S/C16H19F3N4O2/c1-9-14(10(2)23(3)22-9)21-15(25)20-8-13(24)11-5-4-6-12(7-11)16(17,18)19/h4-7,13,24H,8H2,1-3H3,(H2,20,21,25)/t13-/m1/s1. The Kier molecular flexibility index (Phi) is 5.36. The molecule has 0 fully saturated rings. The molecule has 3 N–H and O–H groups in total. The number of hydrogen-bond donors (Lipinski definition) is 3. The fourth-order valence-electron chi connectivity index (χ4n) is 2.34. The van der Waals surface area contributed by atoms with Crippen molar-refractivity contribution in [3.63, 3.8) is 0 Å². The molecule has 0 saturated heterocycles. The molecule has 0 saturated carbocycles. The van der Waals surface area contributed by atoms with Crippen molar-refractivity contribution in [2.24, 2.45) is 7.05 Å². The van der Waals surface area contributed by atoms with E-state index >= 15 is 0 Å². The lowest BCUT2D eigenvalue weighted by atomic mass is 10.1. The molecule has 0 aliphatic heterocycles. The SMILES string of the molecule is Cc1nn(C)c(C)c1NC(=O)NC[C@@H](O)c1cccc(C(F)(F)F)c1. The van der Waals surface area contributed by atoms with Crippen LogP contribution in [0.3, 0.4) is 0 Å². The summed E-state index contributed by atoms with van der Waals surface area (Å²) in [6.07, 6.45) is -5.75. The smallest absolute Gasteiger partial charge is 0.387 e. The van der Waals surface area contributed by atoms with Crippen LogP contribution in [0.4, 0.5) is 23.7 Å². The van der Waals surface area contributed by atoms with E-state index in [0.29, 0.717) is 11.4 Å². The third-order valence-corrected chi connectivity index (χ3v) is 3.80. The number of aliphatic hydroxyl groups is 1. The number of carbonyl (C=O) groups excluding carboxylic acids is 1. The van der Waals surface area contributed by atoms with Gasteiger partial charge >= 0.3 is 12.2 Å². The minimum Gasteiger partial charge on any atom is -0.387 e. The molecule has 0 radical (unpaired) electrons. The minimum atomic E-state index is -4.49. The van der Waals surface area contributed by atoms with Gasteiger partial charge in [0.15, 0.2) is 0 Å². The number of benzene rings is 1. The molecule has 0 aliphatic rings. The lowest BCUT2D eigenvalue weighted by molar-refractivity contribution is -0.137. The fourth-order valence-corrected chi connectivity index (χ4v) is 2.34. The monoisotopic (exact) mass is 356 g/mol. The molecule has 0 unspecified atom stereocenters. The third kappa shape index (κ3) is 4.50. The number of aliphatic hydroxyl groups excluding tert-OH is 1. The van der Waals surface area contributed by atoms with Crippen molar-refractivity contribution in [1.82, 2.24) is 15.1 Å². The van der Waals surface area contributed by atoms with E-state index in [1.165, 1.54) is 12.1 Å². The first kappa shape index (κ1) is 18.8. The first-order valence-corrected chi connectivity index (χ1v) is 7.50. The summed E-state index contributed by atoms with van der Waals surface area (Å²) in [4.78, 5) is 11.9. The largest absolute Gasteiger partial charge is 0.416 e. The van der Waals surface area contributed by atoms with Crippen LogP contribution < -0.4 is 10.6 Å². The number of carbonyl (C=O) groups is 1. The number of anilines is 1. The summed E-state index contributed by atoms with van der Waals surface area (Å²) in [5.74, 6) is 0. The van der Waals surface area contributed by atoms with Crippen LogP contribution in [0.15, 0.2) is 24.3 Å². The second kappa shape index (κ2) is 7.14. The number of rotatable bonds is 4. The Morgan fingerprint density at radius 3 is 2.60 bits per heavy atom. The van der Waals surface area contributed by atoms with Crippen LogP contribution in [0.25, 0.3) is 0 Å². The topological polar surface area (TPSA) is 79.2 Å². The van der Waals surface area contributed by atoms with Gasteiger partial charge in [0, 0.05) is 13.6 Å². The maximum absolute atomic E-state index is 12.7. The van der Waals surface area contributed by atoms with Gasteiger partial charge in [0.1, 0.15) is 0 Å². The maximum Gasteiger partial charge on any atom is 0.416 e. The van der Waals surface area contributed by atoms with E-state index in [9.17, 15) is 23.1 Å². The molecule has 2 amide bonds. The Bertz CT molecular complexity index is 771. The summed E-state index contributed by atoms with van der Waals surface area (Å²) in [6.45, 7) is 3.29. The zero-order valence-electron chi connectivity index (χ0n) is 14.0. The molecule has 136 valence electrons. The van der Waals surface area contributed by atoms with Crippen LogP contribution in [0.1, 0.15) is 28.6 Å². The summed E-state index contributed by atoms with van der Waals surface area (Å²) in [5.41, 5.74) is 1.16. The minimum absolute atomic E-state index is 0.0730. The van der Waals surface area contributed by atoms with Crippen molar-refractivity contribution in [3.05, 3.63) is 46.8 Å². The van der Waals surface area contributed by atoms with Gasteiger partial charge in [-0.05, 0) is 31.5 Å². The highest BCUT2D eigenvalue weighted by atomic mass is 19.4. The van der Waals surface area contributed by atoms with Crippen LogP contribution in [-0.4, -0.2) is 27.5 Å². The Morgan fingerprint density at radius 1 is 1.36 bits per heavy atom. The van der Waals surface area contributed by atoms with Gasteiger partial charge in [0.25, 0.3) is 0 Å². The van der Waals surface area contributed by atoms with E-state index in [1.54, 1.807) is 25.6 Å². The van der Waals surface area contributed by atoms with E-state index in [4.69, 9.17) is 0 Å². The van der Waals surface area contributed by atoms with Crippen molar-refractivity contribution in [2.75, 3.05) is 11.9 Å². The van der Waals surface area contributed by atoms with Gasteiger partial charge in [-0.15, -0.1) is 0 Å². The molecule has 6 nitrogen and oxygen atoms in total. The second-order valence-electron chi connectivity index (χ2n) is 5.64. The van der Waals surface area contributed by atoms with Gasteiger partial charge in [-0.1, -0.05) is 12.1 Å². The van der Waals surface area contributed by atoms with E-state index in [1.807, 2.05) is 0 Å². The average molecular weight is 356 g/mol. The van der Waals surface area contributed by atoms with E-state index in [0.717, 1.165) is 17.8 Å². The molecule has 0 spiro atoms. The molecule has 1 heterocycles. The van der Waals surface area contributed by atoms with Gasteiger partial charge < -0.3 is 15.7 Å². The molecule has 0 aliphatic carbocycles. The lowest BCUT2D eigenvalue weighted by Crippen LogP contribution is -2.32. The quantitative estimate of drug-likeness (QED) is 0.788. The molecule has 1 aromatic heterocycles. The zero-order chi connectivity index (χ0) is 18.8. The summed E-state index contributed by atoms with van der Waals surface area (Å²) < 4.78 is 39.7. The Morgan fingerprint density at radius 2 is 2.04 bits per heavy atom. The normalized spacial score (nSPS) is 12.8. The summed E-state index contributed by atoms with van der Waals surface area (Å²) in [5, 5.41) is 19.2. The van der Waals surface area contributed by atoms with Crippen LogP contribution >= 0.6 is 0 Å². The molecule has 1 atom stereocenters. The van der Waals surface area contributed by atoms with Crippen LogP contribution in [-0.2, 0) is 13.2 Å². The molecule has 1 aromatic carbocycles. The van der Waals surface area contributed by atoms with E-state index < -0.39 is 23.9 Å². The number of alkyl halides is 3. The number of amides is 2. The van der Waals surface area contributed by atoms with Gasteiger partial charge in [-0.2, -0.15) is 18.3 Å². The first-order valence-electron chi connectivity index (χ1n) is 7.50. The van der Waals surface area contributed by atoms with Gasteiger partial charge in [-0.25, -0.2) is 4.79 Å². The zero-order valence-corrected chi connectivity index (χ0v) is 14.0. The summed E-state index contributed by atoms with van der Waals surface area (Å²) in [6, 6.07) is 3.79. The predicted octanol–water partition coefficient (Wildman–Crippen LogP) is 2.91. The Balaban J connectivity index is 1.98. The third-order valence-electron chi connectivity index (χ3n) is 3.80. The lowest BCUT2D eigenvalue weighted by Gasteiger charge is -2.15. The molecule has 2 aromatic rings. The maximum atomic E-state index is 12.7. The number of nitrogens with one attached hydrogen (secondary N) is 2. The Hall–Kier alpha value is -2.55. The molecule has 25 heavy (non-hydrogen) atoms. The van der Waals surface area contributed by atoms with Crippen LogP contribution in [0.5, 0.6) is 0 Å². The van der Waals surface area contributed by atoms with E-state index in [2.05, 4.69) is 15.7 Å². The van der Waals surface area contributed by atoms with Gasteiger partial charge in [0.05, 0.1) is 28.7 Å². The average Bonchev–Trinajstić information content (AvgIpc) is 2.78. The number of aromatic nitrogens is 2. The molecule has 9 heteroatoms. The van der Waals surface area contributed by atoms with E-state index in [-0.39, 0.29) is 12.1 Å². The number of halogens is 3. The molecular weight excluding hydrogens is 337 g/mol. The van der Waals surface area contributed by atoms with Gasteiger partial charge in [-0.3, -0.25) is 4.68 Å².